The van der Waals surface area contributed by atoms with Gasteiger partial charge in [-0.05, 0) is 49.4 Å². The van der Waals surface area contributed by atoms with Crippen molar-refractivity contribution in [2.45, 2.75) is 18.4 Å². The van der Waals surface area contributed by atoms with Crippen LogP contribution in [-0.2, 0) is 21.4 Å². The molecule has 3 rings (SSSR count). The van der Waals surface area contributed by atoms with E-state index in [1.54, 1.807) is 36.4 Å². The molecule has 6 nitrogen and oxygen atoms in total. The number of hydrogen-bond donors (Lipinski definition) is 1. The standard InChI is InChI=1S/C20H18Cl2N2O4S/c1-14-4-7-17(8-5-14)29(26,27)24(12-16-3-2-10-28-16)13-20(25)23-15-6-9-18(21)19(22)11-15/h2-11H,12-13H2,1H3,(H,23,25). The third-order valence-corrected chi connectivity index (χ3v) is 6.64. The summed E-state index contributed by atoms with van der Waals surface area (Å²) in [6, 6.07) is 14.3. The summed E-state index contributed by atoms with van der Waals surface area (Å²) in [5.74, 6) is -0.103. The van der Waals surface area contributed by atoms with Gasteiger partial charge in [-0.2, -0.15) is 4.31 Å². The van der Waals surface area contributed by atoms with Gasteiger partial charge in [-0.3, -0.25) is 4.79 Å². The van der Waals surface area contributed by atoms with E-state index in [1.807, 2.05) is 6.92 Å². The van der Waals surface area contributed by atoms with Crippen LogP contribution in [0.4, 0.5) is 5.69 Å². The van der Waals surface area contributed by atoms with E-state index in [0.717, 1.165) is 9.87 Å². The van der Waals surface area contributed by atoms with E-state index < -0.39 is 22.5 Å². The van der Waals surface area contributed by atoms with Crippen LogP contribution in [0.25, 0.3) is 0 Å². The largest absolute Gasteiger partial charge is 0.468 e. The maximum absolute atomic E-state index is 13.1. The van der Waals surface area contributed by atoms with Gasteiger partial charge in [0.15, 0.2) is 0 Å². The number of sulfonamides is 1. The molecule has 0 bridgehead atoms. The zero-order valence-corrected chi connectivity index (χ0v) is 17.8. The first-order valence-electron chi connectivity index (χ1n) is 8.60. The molecule has 0 unspecified atom stereocenters. The molecule has 2 aromatic carbocycles. The number of carbonyl (C=O) groups excluding carboxylic acids is 1. The van der Waals surface area contributed by atoms with E-state index in [9.17, 15) is 13.2 Å². The maximum atomic E-state index is 13.1. The van der Waals surface area contributed by atoms with Gasteiger partial charge in [-0.25, -0.2) is 8.42 Å². The van der Waals surface area contributed by atoms with E-state index >= 15 is 0 Å². The van der Waals surface area contributed by atoms with Crippen molar-refractivity contribution in [1.29, 1.82) is 0 Å². The van der Waals surface area contributed by atoms with Crippen LogP contribution in [0, 0.1) is 6.92 Å². The minimum absolute atomic E-state index is 0.0853. The molecular formula is C20H18Cl2N2O4S. The first kappa shape index (κ1) is 21.4. The Balaban J connectivity index is 1.83. The minimum atomic E-state index is -3.93. The van der Waals surface area contributed by atoms with Gasteiger partial charge >= 0.3 is 0 Å². The molecule has 152 valence electrons. The Kier molecular flexibility index (Phi) is 6.64. The van der Waals surface area contributed by atoms with Crippen LogP contribution < -0.4 is 5.32 Å². The van der Waals surface area contributed by atoms with Crippen molar-refractivity contribution in [2.75, 3.05) is 11.9 Å². The molecule has 1 aromatic heterocycles. The van der Waals surface area contributed by atoms with Crippen molar-refractivity contribution >= 4 is 44.8 Å². The molecule has 0 atom stereocenters. The Morgan fingerprint density at radius 1 is 1.07 bits per heavy atom. The fraction of sp³-hybridized carbons (Fsp3) is 0.150. The topological polar surface area (TPSA) is 79.6 Å². The second-order valence-corrected chi connectivity index (χ2v) is 9.09. The normalized spacial score (nSPS) is 11.6. The van der Waals surface area contributed by atoms with Crippen molar-refractivity contribution in [3.05, 3.63) is 82.2 Å². The summed E-state index contributed by atoms with van der Waals surface area (Å²) >= 11 is 11.8. The average Bonchev–Trinajstić information content (AvgIpc) is 3.18. The number of amides is 1. The van der Waals surface area contributed by atoms with E-state index in [1.165, 1.54) is 24.5 Å². The van der Waals surface area contributed by atoms with Crippen LogP contribution in [0.3, 0.4) is 0 Å². The summed E-state index contributed by atoms with van der Waals surface area (Å²) in [7, 11) is -3.93. The number of rotatable bonds is 7. The molecule has 0 spiro atoms. The van der Waals surface area contributed by atoms with Crippen molar-refractivity contribution in [3.8, 4) is 0 Å². The van der Waals surface area contributed by atoms with Gasteiger partial charge < -0.3 is 9.73 Å². The van der Waals surface area contributed by atoms with Gasteiger partial charge in [-0.15, -0.1) is 0 Å². The maximum Gasteiger partial charge on any atom is 0.243 e. The van der Waals surface area contributed by atoms with Crippen molar-refractivity contribution in [2.24, 2.45) is 0 Å². The van der Waals surface area contributed by atoms with Crippen molar-refractivity contribution in [1.82, 2.24) is 4.31 Å². The highest BCUT2D eigenvalue weighted by Crippen LogP contribution is 2.25. The number of carbonyl (C=O) groups is 1. The Hall–Kier alpha value is -2.32. The van der Waals surface area contributed by atoms with Gasteiger partial charge in [0.05, 0.1) is 34.3 Å². The first-order chi connectivity index (χ1) is 13.8. The van der Waals surface area contributed by atoms with Crippen LogP contribution in [0.5, 0.6) is 0 Å². The van der Waals surface area contributed by atoms with Crippen LogP contribution in [-0.4, -0.2) is 25.2 Å². The number of benzene rings is 2. The number of nitrogens with one attached hydrogen (secondary N) is 1. The fourth-order valence-corrected chi connectivity index (χ4v) is 4.26. The van der Waals surface area contributed by atoms with E-state index in [2.05, 4.69) is 5.32 Å². The van der Waals surface area contributed by atoms with Crippen molar-refractivity contribution in [3.63, 3.8) is 0 Å². The molecule has 0 saturated carbocycles. The highest BCUT2D eigenvalue weighted by molar-refractivity contribution is 7.89. The number of nitrogens with zero attached hydrogens (tertiary/aromatic N) is 1. The predicted octanol–water partition coefficient (Wildman–Crippen LogP) is 4.72. The number of aryl methyl sites for hydroxylation is 1. The molecule has 0 aliphatic heterocycles. The number of anilines is 1. The second kappa shape index (κ2) is 9.00. The summed E-state index contributed by atoms with van der Waals surface area (Å²) in [5, 5.41) is 3.27. The molecule has 1 heterocycles. The second-order valence-electron chi connectivity index (χ2n) is 6.34. The van der Waals surface area contributed by atoms with Crippen molar-refractivity contribution < 1.29 is 17.6 Å². The SMILES string of the molecule is Cc1ccc(S(=O)(=O)N(CC(=O)Nc2ccc(Cl)c(Cl)c2)Cc2ccco2)cc1. The van der Waals surface area contributed by atoms with E-state index in [-0.39, 0.29) is 16.5 Å². The zero-order chi connectivity index (χ0) is 21.0. The monoisotopic (exact) mass is 452 g/mol. The minimum Gasteiger partial charge on any atom is -0.468 e. The summed E-state index contributed by atoms with van der Waals surface area (Å²) < 4.78 is 32.6. The smallest absolute Gasteiger partial charge is 0.243 e. The van der Waals surface area contributed by atoms with Crippen LogP contribution >= 0.6 is 23.2 Å². The molecule has 1 N–H and O–H groups in total. The first-order valence-corrected chi connectivity index (χ1v) is 10.8. The summed E-state index contributed by atoms with van der Waals surface area (Å²) in [6.45, 7) is 1.37. The summed E-state index contributed by atoms with van der Waals surface area (Å²) in [4.78, 5) is 12.7. The average molecular weight is 453 g/mol. The lowest BCUT2D eigenvalue weighted by atomic mass is 10.2. The predicted molar refractivity (Wildman–Crippen MR) is 113 cm³/mol. The molecule has 3 aromatic rings. The molecule has 1 amide bonds. The van der Waals surface area contributed by atoms with Crippen LogP contribution in [0.1, 0.15) is 11.3 Å². The highest BCUT2D eigenvalue weighted by Gasteiger charge is 2.27. The Bertz CT molecular complexity index is 1100. The van der Waals surface area contributed by atoms with E-state index in [4.69, 9.17) is 27.6 Å². The molecule has 0 fully saturated rings. The molecular weight excluding hydrogens is 435 g/mol. The van der Waals surface area contributed by atoms with E-state index in [0.29, 0.717) is 16.5 Å². The molecule has 0 aliphatic rings. The fourth-order valence-electron chi connectivity index (χ4n) is 2.60. The number of hydrogen-bond acceptors (Lipinski definition) is 4. The third-order valence-electron chi connectivity index (χ3n) is 4.09. The number of furan rings is 1. The highest BCUT2D eigenvalue weighted by atomic mass is 35.5. The lowest BCUT2D eigenvalue weighted by Gasteiger charge is -2.21. The lowest BCUT2D eigenvalue weighted by Crippen LogP contribution is -2.37. The van der Waals surface area contributed by atoms with Gasteiger partial charge in [0, 0.05) is 5.69 Å². The quantitative estimate of drug-likeness (QED) is 0.561. The molecule has 29 heavy (non-hydrogen) atoms. The Labute approximate surface area is 179 Å². The zero-order valence-electron chi connectivity index (χ0n) is 15.4. The van der Waals surface area contributed by atoms with Crippen LogP contribution in [0.15, 0.2) is 70.2 Å². The van der Waals surface area contributed by atoms with Crippen LogP contribution in [0.2, 0.25) is 10.0 Å². The summed E-state index contributed by atoms with van der Waals surface area (Å²) in [5.41, 5.74) is 1.34. The molecule has 0 radical (unpaired) electrons. The molecule has 0 saturated heterocycles. The molecule has 0 aliphatic carbocycles. The molecule has 9 heteroatoms. The van der Waals surface area contributed by atoms with Gasteiger partial charge in [-0.1, -0.05) is 40.9 Å². The van der Waals surface area contributed by atoms with Gasteiger partial charge in [0.1, 0.15) is 5.76 Å². The lowest BCUT2D eigenvalue weighted by molar-refractivity contribution is -0.116. The van der Waals surface area contributed by atoms with Gasteiger partial charge in [0.25, 0.3) is 0 Å². The third kappa shape index (κ3) is 5.39. The number of halogens is 2. The Morgan fingerprint density at radius 3 is 2.41 bits per heavy atom. The summed E-state index contributed by atoms with van der Waals surface area (Å²) in [6.07, 6.45) is 1.45. The Morgan fingerprint density at radius 2 is 1.79 bits per heavy atom. The van der Waals surface area contributed by atoms with Gasteiger partial charge in [0.2, 0.25) is 15.9 Å².